The maximum Gasteiger partial charge on any atom is 0.153 e. The standard InChI is InChI=1S/C23H27N3O2/c1-27-21-7-6-16(14-17(21)15-26-10-12-28-13-11-26)22-23-19(8-9-24-22)18-4-2-3-5-20(18)25-23/h2-7,14,22,24-25H,8-13,15H2,1H3/p+2/t22-/m1/s1. The second kappa shape index (κ2) is 7.59. The highest BCUT2D eigenvalue weighted by Gasteiger charge is 2.29. The molecule has 0 aliphatic carbocycles. The molecule has 2 aromatic carbocycles. The van der Waals surface area contributed by atoms with Crippen molar-refractivity contribution < 1.29 is 19.7 Å². The van der Waals surface area contributed by atoms with E-state index in [0.29, 0.717) is 6.04 Å². The first kappa shape index (κ1) is 17.7. The Morgan fingerprint density at radius 2 is 2.04 bits per heavy atom. The van der Waals surface area contributed by atoms with E-state index < -0.39 is 0 Å². The van der Waals surface area contributed by atoms with Crippen molar-refractivity contribution in [3.05, 3.63) is 64.8 Å². The van der Waals surface area contributed by atoms with Crippen LogP contribution in [0.5, 0.6) is 5.75 Å². The van der Waals surface area contributed by atoms with Gasteiger partial charge in [-0.15, -0.1) is 0 Å². The highest BCUT2D eigenvalue weighted by atomic mass is 16.5. The van der Waals surface area contributed by atoms with Gasteiger partial charge in [-0.25, -0.2) is 0 Å². The number of nitrogens with one attached hydrogen (secondary N) is 2. The second-order valence-corrected chi connectivity index (χ2v) is 7.93. The molecule has 0 bridgehead atoms. The zero-order valence-electron chi connectivity index (χ0n) is 16.5. The highest BCUT2D eigenvalue weighted by Crippen LogP contribution is 2.32. The van der Waals surface area contributed by atoms with E-state index in [1.54, 1.807) is 12.0 Å². The molecule has 4 N–H and O–H groups in total. The minimum absolute atomic E-state index is 0.320. The number of para-hydroxylation sites is 1. The van der Waals surface area contributed by atoms with E-state index in [1.807, 2.05) is 0 Å². The predicted octanol–water partition coefficient (Wildman–Crippen LogP) is 0.801. The smallest absolute Gasteiger partial charge is 0.153 e. The van der Waals surface area contributed by atoms with Gasteiger partial charge in [0.15, 0.2) is 6.04 Å². The fraction of sp³-hybridized carbons (Fsp3) is 0.391. The van der Waals surface area contributed by atoms with Crippen molar-refractivity contribution in [1.29, 1.82) is 0 Å². The van der Waals surface area contributed by atoms with E-state index in [-0.39, 0.29) is 0 Å². The predicted molar refractivity (Wildman–Crippen MR) is 109 cm³/mol. The fourth-order valence-corrected chi connectivity index (χ4v) is 4.81. The summed E-state index contributed by atoms with van der Waals surface area (Å²) in [4.78, 5) is 5.28. The number of rotatable bonds is 4. The van der Waals surface area contributed by atoms with E-state index in [1.165, 1.54) is 33.3 Å². The number of hydrogen-bond acceptors (Lipinski definition) is 2. The monoisotopic (exact) mass is 379 g/mol. The third-order valence-corrected chi connectivity index (χ3v) is 6.26. The quantitative estimate of drug-likeness (QED) is 0.628. The van der Waals surface area contributed by atoms with Crippen molar-refractivity contribution in [2.45, 2.75) is 19.0 Å². The number of hydrogen-bond donors (Lipinski definition) is 3. The molecule has 0 saturated carbocycles. The van der Waals surface area contributed by atoms with Crippen LogP contribution in [0, 0.1) is 0 Å². The zero-order chi connectivity index (χ0) is 18.9. The molecular formula is C23H29N3O2+2. The molecule has 1 atom stereocenters. The minimum Gasteiger partial charge on any atom is -0.496 e. The molecule has 1 saturated heterocycles. The molecule has 28 heavy (non-hydrogen) atoms. The van der Waals surface area contributed by atoms with Gasteiger partial charge in [0.2, 0.25) is 0 Å². The molecule has 0 amide bonds. The molecule has 5 nitrogen and oxygen atoms in total. The Morgan fingerprint density at radius 1 is 1.18 bits per heavy atom. The normalized spacial score (nSPS) is 20.2. The summed E-state index contributed by atoms with van der Waals surface area (Å²) < 4.78 is 11.2. The lowest BCUT2D eigenvalue weighted by Crippen LogP contribution is -3.12. The summed E-state index contributed by atoms with van der Waals surface area (Å²) in [6, 6.07) is 15.7. The third kappa shape index (κ3) is 3.20. The lowest BCUT2D eigenvalue weighted by atomic mass is 9.93. The third-order valence-electron chi connectivity index (χ3n) is 6.26. The molecule has 2 aliphatic heterocycles. The molecule has 0 radical (unpaired) electrons. The van der Waals surface area contributed by atoms with Crippen LogP contribution in [-0.2, 0) is 17.7 Å². The van der Waals surface area contributed by atoms with Gasteiger partial charge >= 0.3 is 0 Å². The topological polar surface area (TPSA) is 55.3 Å². The van der Waals surface area contributed by atoms with Gasteiger partial charge in [0.25, 0.3) is 0 Å². The Hall–Kier alpha value is -2.34. The van der Waals surface area contributed by atoms with Crippen LogP contribution < -0.4 is 15.0 Å². The van der Waals surface area contributed by atoms with E-state index in [4.69, 9.17) is 9.47 Å². The largest absolute Gasteiger partial charge is 0.496 e. The lowest BCUT2D eigenvalue weighted by molar-refractivity contribution is -0.921. The number of aromatic nitrogens is 1. The highest BCUT2D eigenvalue weighted by molar-refractivity contribution is 5.85. The van der Waals surface area contributed by atoms with Crippen LogP contribution in [0.4, 0.5) is 0 Å². The molecule has 2 aliphatic rings. The van der Waals surface area contributed by atoms with Crippen molar-refractivity contribution in [3.8, 4) is 5.75 Å². The van der Waals surface area contributed by atoms with Crippen LogP contribution in [0.15, 0.2) is 42.5 Å². The molecule has 0 unspecified atom stereocenters. The number of nitrogens with two attached hydrogens (primary N) is 1. The van der Waals surface area contributed by atoms with Crippen LogP contribution in [0.3, 0.4) is 0 Å². The van der Waals surface area contributed by atoms with Crippen LogP contribution in [0.1, 0.15) is 28.4 Å². The molecule has 5 heteroatoms. The summed E-state index contributed by atoms with van der Waals surface area (Å²) >= 11 is 0. The maximum atomic E-state index is 5.68. The maximum absolute atomic E-state index is 5.68. The van der Waals surface area contributed by atoms with Crippen molar-refractivity contribution >= 4 is 10.9 Å². The molecule has 3 heterocycles. The van der Waals surface area contributed by atoms with E-state index in [0.717, 1.165) is 51.6 Å². The first-order chi connectivity index (χ1) is 13.8. The van der Waals surface area contributed by atoms with Crippen LogP contribution in [0.25, 0.3) is 10.9 Å². The van der Waals surface area contributed by atoms with Gasteiger partial charge < -0.3 is 24.7 Å². The Kier molecular flexibility index (Phi) is 4.81. The summed E-state index contributed by atoms with van der Waals surface area (Å²) in [5.41, 5.74) is 6.75. The summed E-state index contributed by atoms with van der Waals surface area (Å²) in [6.45, 7) is 5.95. The van der Waals surface area contributed by atoms with Gasteiger partial charge in [-0.1, -0.05) is 18.2 Å². The van der Waals surface area contributed by atoms with Gasteiger partial charge in [0.1, 0.15) is 25.4 Å². The van der Waals surface area contributed by atoms with Crippen LogP contribution in [0.2, 0.25) is 0 Å². The summed E-state index contributed by atoms with van der Waals surface area (Å²) in [5, 5.41) is 3.84. The first-order valence-corrected chi connectivity index (χ1v) is 10.3. The van der Waals surface area contributed by atoms with Gasteiger partial charge in [-0.3, -0.25) is 0 Å². The number of morpholine rings is 1. The number of methoxy groups -OCH3 is 1. The second-order valence-electron chi connectivity index (χ2n) is 7.93. The van der Waals surface area contributed by atoms with Gasteiger partial charge in [0.05, 0.1) is 32.6 Å². The summed E-state index contributed by atoms with van der Waals surface area (Å²) in [6.07, 6.45) is 1.12. The number of fused-ring (bicyclic) bond motifs is 3. The van der Waals surface area contributed by atoms with Gasteiger partial charge in [-0.05, 0) is 29.8 Å². The fourth-order valence-electron chi connectivity index (χ4n) is 4.81. The first-order valence-electron chi connectivity index (χ1n) is 10.3. The minimum atomic E-state index is 0.320. The number of aromatic amines is 1. The summed E-state index contributed by atoms with van der Waals surface area (Å²) in [7, 11) is 1.77. The molecule has 0 spiro atoms. The van der Waals surface area contributed by atoms with Crippen molar-refractivity contribution in [1.82, 2.24) is 4.98 Å². The van der Waals surface area contributed by atoms with E-state index >= 15 is 0 Å². The molecule has 1 fully saturated rings. The van der Waals surface area contributed by atoms with Gasteiger partial charge in [-0.2, -0.15) is 0 Å². The number of H-pyrrole nitrogens is 1. The van der Waals surface area contributed by atoms with E-state index in [9.17, 15) is 0 Å². The number of ether oxygens (including phenoxy) is 2. The van der Waals surface area contributed by atoms with Crippen molar-refractivity contribution in [3.63, 3.8) is 0 Å². The number of quaternary nitrogens is 2. The molecular weight excluding hydrogens is 350 g/mol. The number of benzene rings is 2. The average Bonchev–Trinajstić information content (AvgIpc) is 3.13. The van der Waals surface area contributed by atoms with Crippen LogP contribution >= 0.6 is 0 Å². The van der Waals surface area contributed by atoms with Gasteiger partial charge in [0, 0.05) is 28.5 Å². The van der Waals surface area contributed by atoms with Crippen molar-refractivity contribution in [2.75, 3.05) is 40.0 Å². The Labute approximate surface area is 165 Å². The zero-order valence-corrected chi connectivity index (χ0v) is 16.5. The molecule has 5 rings (SSSR count). The average molecular weight is 380 g/mol. The molecule has 146 valence electrons. The lowest BCUT2D eigenvalue weighted by Gasteiger charge is -2.26. The summed E-state index contributed by atoms with van der Waals surface area (Å²) in [5.74, 6) is 0.996. The Balaban J connectivity index is 1.51. The molecule has 1 aromatic heterocycles. The Bertz CT molecular complexity index is 975. The van der Waals surface area contributed by atoms with Crippen molar-refractivity contribution in [2.24, 2.45) is 0 Å². The van der Waals surface area contributed by atoms with E-state index in [2.05, 4.69) is 52.8 Å². The molecule has 3 aromatic rings. The Morgan fingerprint density at radius 3 is 2.89 bits per heavy atom. The SMILES string of the molecule is COc1ccc([C@H]2[NH2+]CCc3c2[nH]c2ccccc32)cc1C[NH+]1CCOCC1. The van der Waals surface area contributed by atoms with Crippen LogP contribution in [-0.4, -0.2) is 44.9 Å².